The van der Waals surface area contributed by atoms with E-state index in [2.05, 4.69) is 15.2 Å². The monoisotopic (exact) mass is 426 g/mol. The number of amides is 2. The number of anilines is 1. The molecule has 2 aromatic rings. The Hall–Kier alpha value is -3.13. The Bertz CT molecular complexity index is 916. The number of hydrogen-bond acceptors (Lipinski definition) is 6. The molecule has 1 aliphatic rings. The van der Waals surface area contributed by atoms with Crippen LogP contribution in [0.15, 0.2) is 36.5 Å². The first-order valence-electron chi connectivity index (χ1n) is 10.5. The first-order chi connectivity index (χ1) is 14.9. The van der Waals surface area contributed by atoms with Crippen molar-refractivity contribution in [3.05, 3.63) is 53.2 Å². The van der Waals surface area contributed by atoms with Crippen LogP contribution >= 0.6 is 0 Å². The number of ether oxygens (including phenoxy) is 1. The molecule has 2 unspecified atom stereocenters. The molecule has 0 spiro atoms. The van der Waals surface area contributed by atoms with Gasteiger partial charge in [-0.15, -0.1) is 0 Å². The van der Waals surface area contributed by atoms with Gasteiger partial charge < -0.3 is 25.8 Å². The maximum Gasteiger partial charge on any atom is 0.251 e. The van der Waals surface area contributed by atoms with Crippen molar-refractivity contribution in [1.29, 1.82) is 0 Å². The topological polar surface area (TPSA) is 118 Å². The number of methoxy groups -OCH3 is 1. The van der Waals surface area contributed by atoms with E-state index in [1.54, 1.807) is 31.4 Å². The Labute approximate surface area is 182 Å². The van der Waals surface area contributed by atoms with Crippen LogP contribution in [0.1, 0.15) is 52.5 Å². The maximum atomic E-state index is 12.9. The molecule has 0 saturated carbocycles. The van der Waals surface area contributed by atoms with E-state index < -0.39 is 5.91 Å². The summed E-state index contributed by atoms with van der Waals surface area (Å²) in [5.41, 5.74) is 6.91. The van der Waals surface area contributed by atoms with E-state index in [1.807, 2.05) is 13.0 Å². The molecule has 8 nitrogen and oxygen atoms in total. The van der Waals surface area contributed by atoms with Crippen LogP contribution in [0, 0.1) is 0 Å². The standard InChI is InChI=1S/C23H30N4O4/c1-15(26-23(30)19-6-3-7-20(31-2)18(19)10-12-28)13-17-5-4-11-27(17)21-9-8-16(14-25-21)22(24)29/h3,6-9,14-15,17,28H,4-5,10-13H2,1-2H3,(H2,24,29)(H,26,30). The highest BCUT2D eigenvalue weighted by atomic mass is 16.5. The third kappa shape index (κ3) is 5.32. The molecule has 4 N–H and O–H groups in total. The third-order valence-electron chi connectivity index (χ3n) is 5.67. The maximum absolute atomic E-state index is 12.9. The summed E-state index contributed by atoms with van der Waals surface area (Å²) in [6, 6.07) is 9.01. The second-order valence-electron chi connectivity index (χ2n) is 7.83. The second kappa shape index (κ2) is 10.3. The quantitative estimate of drug-likeness (QED) is 0.564. The molecule has 2 atom stereocenters. The molecule has 8 heteroatoms. The highest BCUT2D eigenvalue weighted by Crippen LogP contribution is 2.27. The van der Waals surface area contributed by atoms with Crippen molar-refractivity contribution in [2.45, 2.75) is 44.7 Å². The lowest BCUT2D eigenvalue weighted by atomic mass is 10.0. The number of aliphatic hydroxyl groups excluding tert-OH is 1. The molecule has 166 valence electrons. The summed E-state index contributed by atoms with van der Waals surface area (Å²) in [6.45, 7) is 2.81. The van der Waals surface area contributed by atoms with Crippen molar-refractivity contribution in [1.82, 2.24) is 10.3 Å². The molecule has 2 heterocycles. The highest BCUT2D eigenvalue weighted by Gasteiger charge is 2.28. The number of benzene rings is 1. The molecule has 3 rings (SSSR count). The van der Waals surface area contributed by atoms with Gasteiger partial charge >= 0.3 is 0 Å². The predicted octanol–water partition coefficient (Wildman–Crippen LogP) is 1.90. The van der Waals surface area contributed by atoms with Gasteiger partial charge in [0.2, 0.25) is 5.91 Å². The van der Waals surface area contributed by atoms with Crippen molar-refractivity contribution in [3.8, 4) is 5.75 Å². The fraction of sp³-hybridized carbons (Fsp3) is 0.435. The third-order valence-corrected chi connectivity index (χ3v) is 5.67. The summed E-state index contributed by atoms with van der Waals surface area (Å²) >= 11 is 0. The van der Waals surface area contributed by atoms with Crippen LogP contribution in [0.5, 0.6) is 5.75 Å². The van der Waals surface area contributed by atoms with E-state index in [4.69, 9.17) is 10.5 Å². The van der Waals surface area contributed by atoms with Gasteiger partial charge in [-0.2, -0.15) is 0 Å². The summed E-state index contributed by atoms with van der Waals surface area (Å²) in [5.74, 6) is 0.737. The van der Waals surface area contributed by atoms with Gasteiger partial charge in [-0.25, -0.2) is 4.98 Å². The lowest BCUT2D eigenvalue weighted by molar-refractivity contribution is 0.0934. The van der Waals surface area contributed by atoms with Crippen molar-refractivity contribution in [2.75, 3.05) is 25.2 Å². The average molecular weight is 427 g/mol. The Kier molecular flexibility index (Phi) is 7.46. The smallest absolute Gasteiger partial charge is 0.251 e. The van der Waals surface area contributed by atoms with E-state index in [0.717, 1.165) is 31.6 Å². The summed E-state index contributed by atoms with van der Waals surface area (Å²) in [4.78, 5) is 30.8. The van der Waals surface area contributed by atoms with Crippen LogP contribution in [0.25, 0.3) is 0 Å². The van der Waals surface area contributed by atoms with Gasteiger partial charge in [0.15, 0.2) is 0 Å². The van der Waals surface area contributed by atoms with Crippen molar-refractivity contribution >= 4 is 17.6 Å². The first-order valence-corrected chi connectivity index (χ1v) is 10.5. The number of nitrogens with one attached hydrogen (secondary N) is 1. The van der Waals surface area contributed by atoms with Gasteiger partial charge in [0.05, 0.1) is 12.7 Å². The van der Waals surface area contributed by atoms with Gasteiger partial charge in [-0.3, -0.25) is 9.59 Å². The Morgan fingerprint density at radius 1 is 1.35 bits per heavy atom. The Balaban J connectivity index is 1.66. The van der Waals surface area contributed by atoms with Crippen LogP contribution in [-0.4, -0.2) is 54.2 Å². The zero-order chi connectivity index (χ0) is 22.4. The van der Waals surface area contributed by atoms with Gasteiger partial charge in [0, 0.05) is 42.6 Å². The van der Waals surface area contributed by atoms with Crippen LogP contribution in [0.3, 0.4) is 0 Å². The van der Waals surface area contributed by atoms with Crippen LogP contribution < -0.4 is 20.7 Å². The minimum atomic E-state index is -0.494. The van der Waals surface area contributed by atoms with E-state index in [9.17, 15) is 14.7 Å². The number of aliphatic hydroxyl groups is 1. The summed E-state index contributed by atoms with van der Waals surface area (Å²) < 4.78 is 5.35. The van der Waals surface area contributed by atoms with Gasteiger partial charge in [0.25, 0.3) is 5.91 Å². The SMILES string of the molecule is COc1cccc(C(=O)NC(C)CC2CCCN2c2ccc(C(N)=O)cn2)c1CCO. The second-order valence-corrected chi connectivity index (χ2v) is 7.83. The van der Waals surface area contributed by atoms with Crippen LogP contribution in [0.4, 0.5) is 5.82 Å². The number of carbonyl (C=O) groups is 2. The van der Waals surface area contributed by atoms with Crippen LogP contribution in [0.2, 0.25) is 0 Å². The molecule has 31 heavy (non-hydrogen) atoms. The number of pyridine rings is 1. The normalized spacial score (nSPS) is 16.7. The summed E-state index contributed by atoms with van der Waals surface area (Å²) in [6.07, 6.45) is 4.67. The van der Waals surface area contributed by atoms with E-state index in [-0.39, 0.29) is 24.6 Å². The molecule has 0 radical (unpaired) electrons. The van der Waals surface area contributed by atoms with Crippen molar-refractivity contribution in [2.24, 2.45) is 5.73 Å². The van der Waals surface area contributed by atoms with Gasteiger partial charge in [-0.05, 0) is 56.9 Å². The number of nitrogens with zero attached hydrogens (tertiary/aromatic N) is 2. The molecular formula is C23H30N4O4. The number of primary amides is 1. The molecule has 0 aliphatic carbocycles. The number of aromatic nitrogens is 1. The zero-order valence-electron chi connectivity index (χ0n) is 18.0. The summed E-state index contributed by atoms with van der Waals surface area (Å²) in [7, 11) is 1.55. The van der Waals surface area contributed by atoms with E-state index in [1.165, 1.54) is 6.20 Å². The van der Waals surface area contributed by atoms with E-state index >= 15 is 0 Å². The zero-order valence-corrected chi connectivity index (χ0v) is 18.0. The van der Waals surface area contributed by atoms with E-state index in [0.29, 0.717) is 28.9 Å². The Morgan fingerprint density at radius 3 is 2.81 bits per heavy atom. The largest absolute Gasteiger partial charge is 0.496 e. The van der Waals surface area contributed by atoms with Crippen molar-refractivity contribution in [3.63, 3.8) is 0 Å². The van der Waals surface area contributed by atoms with Crippen LogP contribution in [-0.2, 0) is 6.42 Å². The lowest BCUT2D eigenvalue weighted by Crippen LogP contribution is -2.40. The number of nitrogens with two attached hydrogens (primary N) is 1. The molecule has 1 saturated heterocycles. The fourth-order valence-corrected chi connectivity index (χ4v) is 4.19. The average Bonchev–Trinajstić information content (AvgIpc) is 3.21. The molecule has 1 aromatic heterocycles. The molecule has 2 amide bonds. The first kappa shape index (κ1) is 22.6. The van der Waals surface area contributed by atoms with Gasteiger partial charge in [-0.1, -0.05) is 6.07 Å². The summed E-state index contributed by atoms with van der Waals surface area (Å²) in [5, 5.41) is 12.5. The number of carbonyl (C=O) groups excluding carboxylic acids is 2. The molecular weight excluding hydrogens is 396 g/mol. The minimum Gasteiger partial charge on any atom is -0.496 e. The van der Waals surface area contributed by atoms with Crippen molar-refractivity contribution < 1.29 is 19.4 Å². The molecule has 1 aromatic carbocycles. The number of hydrogen-bond donors (Lipinski definition) is 3. The molecule has 1 aliphatic heterocycles. The Morgan fingerprint density at radius 2 is 2.16 bits per heavy atom. The lowest BCUT2D eigenvalue weighted by Gasteiger charge is -2.28. The fourth-order valence-electron chi connectivity index (χ4n) is 4.19. The van der Waals surface area contributed by atoms with Gasteiger partial charge in [0.1, 0.15) is 11.6 Å². The molecule has 1 fully saturated rings. The number of rotatable bonds is 9. The predicted molar refractivity (Wildman–Crippen MR) is 118 cm³/mol. The minimum absolute atomic E-state index is 0.0591. The molecule has 0 bridgehead atoms. The highest BCUT2D eigenvalue weighted by molar-refractivity contribution is 5.96.